The third-order valence-corrected chi connectivity index (χ3v) is 5.56. The summed E-state index contributed by atoms with van der Waals surface area (Å²) in [5.74, 6) is -1.47. The predicted octanol–water partition coefficient (Wildman–Crippen LogP) is 2.25. The van der Waals surface area contributed by atoms with E-state index in [1.807, 2.05) is 0 Å². The fraction of sp³-hybridized carbons (Fsp3) is 0.263. The van der Waals surface area contributed by atoms with E-state index in [9.17, 15) is 23.1 Å². The predicted molar refractivity (Wildman–Crippen MR) is 97.9 cm³/mol. The number of amides is 1. The van der Waals surface area contributed by atoms with Gasteiger partial charge in [-0.1, -0.05) is 37.3 Å². The molecule has 138 valence electrons. The van der Waals surface area contributed by atoms with Crippen LogP contribution in [0.1, 0.15) is 29.3 Å². The van der Waals surface area contributed by atoms with Gasteiger partial charge in [0.05, 0.1) is 4.90 Å². The Kier molecular flexibility index (Phi) is 5.82. The van der Waals surface area contributed by atoms with Gasteiger partial charge in [0.1, 0.15) is 5.41 Å². The van der Waals surface area contributed by atoms with E-state index in [-0.39, 0.29) is 17.0 Å². The van der Waals surface area contributed by atoms with Crippen LogP contribution in [-0.4, -0.2) is 38.2 Å². The maximum atomic E-state index is 12.4. The largest absolute Gasteiger partial charge is 0.481 e. The van der Waals surface area contributed by atoms with Crippen molar-refractivity contribution in [2.75, 3.05) is 12.8 Å². The highest BCUT2D eigenvalue weighted by molar-refractivity contribution is 7.90. The van der Waals surface area contributed by atoms with Gasteiger partial charge in [0.2, 0.25) is 0 Å². The molecule has 0 bridgehead atoms. The van der Waals surface area contributed by atoms with Crippen molar-refractivity contribution in [2.45, 2.75) is 23.7 Å². The summed E-state index contributed by atoms with van der Waals surface area (Å²) in [5.41, 5.74) is -0.354. The lowest BCUT2D eigenvalue weighted by atomic mass is 9.78. The van der Waals surface area contributed by atoms with Gasteiger partial charge in [-0.2, -0.15) is 0 Å². The molecule has 0 heterocycles. The molecule has 1 atom stereocenters. The molecule has 0 aliphatic rings. The first-order chi connectivity index (χ1) is 12.2. The SMILES string of the molecule is CCC(CNC(=O)c1ccc(S(C)(=O)=O)cc1)(C(=O)O)c1ccccc1. The van der Waals surface area contributed by atoms with E-state index < -0.39 is 27.1 Å². The summed E-state index contributed by atoms with van der Waals surface area (Å²) < 4.78 is 23.0. The van der Waals surface area contributed by atoms with Crippen LogP contribution in [0.5, 0.6) is 0 Å². The molecule has 0 aliphatic carbocycles. The second-order valence-electron chi connectivity index (χ2n) is 6.09. The lowest BCUT2D eigenvalue weighted by Crippen LogP contribution is -2.46. The Balaban J connectivity index is 2.21. The van der Waals surface area contributed by atoms with Crippen LogP contribution in [0, 0.1) is 0 Å². The summed E-state index contributed by atoms with van der Waals surface area (Å²) in [5, 5.41) is 12.4. The molecule has 0 saturated heterocycles. The summed E-state index contributed by atoms with van der Waals surface area (Å²) in [6, 6.07) is 14.3. The second-order valence-corrected chi connectivity index (χ2v) is 8.10. The van der Waals surface area contributed by atoms with E-state index in [0.717, 1.165) is 6.26 Å². The Morgan fingerprint density at radius 3 is 2.08 bits per heavy atom. The highest BCUT2D eigenvalue weighted by Gasteiger charge is 2.39. The fourth-order valence-electron chi connectivity index (χ4n) is 2.73. The van der Waals surface area contributed by atoms with E-state index in [1.54, 1.807) is 37.3 Å². The van der Waals surface area contributed by atoms with Crippen LogP contribution in [0.4, 0.5) is 0 Å². The van der Waals surface area contributed by atoms with Crippen LogP contribution < -0.4 is 5.32 Å². The Morgan fingerprint density at radius 2 is 1.62 bits per heavy atom. The second kappa shape index (κ2) is 7.70. The Hall–Kier alpha value is -2.67. The summed E-state index contributed by atoms with van der Waals surface area (Å²) in [4.78, 5) is 24.4. The quantitative estimate of drug-likeness (QED) is 0.773. The van der Waals surface area contributed by atoms with Gasteiger partial charge in [-0.05, 0) is 36.2 Å². The molecule has 1 unspecified atom stereocenters. The molecule has 0 fully saturated rings. The van der Waals surface area contributed by atoms with Crippen LogP contribution in [0.2, 0.25) is 0 Å². The maximum Gasteiger partial charge on any atom is 0.315 e. The molecule has 0 radical (unpaired) electrons. The number of sulfone groups is 1. The molecule has 0 spiro atoms. The van der Waals surface area contributed by atoms with Crippen molar-refractivity contribution in [2.24, 2.45) is 0 Å². The zero-order valence-corrected chi connectivity index (χ0v) is 15.4. The third kappa shape index (κ3) is 4.11. The lowest BCUT2D eigenvalue weighted by Gasteiger charge is -2.29. The molecule has 7 heteroatoms. The first-order valence-corrected chi connectivity index (χ1v) is 9.97. The maximum absolute atomic E-state index is 12.4. The van der Waals surface area contributed by atoms with Crippen molar-refractivity contribution in [1.29, 1.82) is 0 Å². The highest BCUT2D eigenvalue weighted by Crippen LogP contribution is 2.28. The first-order valence-electron chi connectivity index (χ1n) is 8.08. The van der Waals surface area contributed by atoms with Gasteiger partial charge in [-0.15, -0.1) is 0 Å². The summed E-state index contributed by atoms with van der Waals surface area (Å²) in [6.45, 7) is 1.68. The van der Waals surface area contributed by atoms with Crippen LogP contribution >= 0.6 is 0 Å². The molecular weight excluding hydrogens is 354 g/mol. The Bertz CT molecular complexity index is 891. The first kappa shape index (κ1) is 19.7. The zero-order chi connectivity index (χ0) is 19.4. The molecule has 1 amide bonds. The number of carbonyl (C=O) groups is 2. The molecule has 2 rings (SSSR count). The average Bonchev–Trinajstić information content (AvgIpc) is 2.62. The van der Waals surface area contributed by atoms with E-state index in [2.05, 4.69) is 5.32 Å². The molecule has 26 heavy (non-hydrogen) atoms. The summed E-state index contributed by atoms with van der Waals surface area (Å²) in [7, 11) is -3.34. The molecule has 0 saturated carbocycles. The molecule has 2 aromatic carbocycles. The van der Waals surface area contributed by atoms with Crippen LogP contribution in [0.15, 0.2) is 59.5 Å². The van der Waals surface area contributed by atoms with E-state index in [1.165, 1.54) is 24.3 Å². The normalized spacial score (nSPS) is 13.6. The van der Waals surface area contributed by atoms with Crippen LogP contribution in [0.3, 0.4) is 0 Å². The van der Waals surface area contributed by atoms with E-state index in [0.29, 0.717) is 12.0 Å². The van der Waals surface area contributed by atoms with Crippen molar-refractivity contribution in [3.05, 3.63) is 65.7 Å². The number of nitrogens with one attached hydrogen (secondary N) is 1. The minimum Gasteiger partial charge on any atom is -0.481 e. The van der Waals surface area contributed by atoms with Crippen LogP contribution in [0.25, 0.3) is 0 Å². The topological polar surface area (TPSA) is 101 Å². The van der Waals surface area contributed by atoms with Crippen molar-refractivity contribution < 1.29 is 23.1 Å². The van der Waals surface area contributed by atoms with Gasteiger partial charge in [0, 0.05) is 18.4 Å². The zero-order valence-electron chi connectivity index (χ0n) is 14.6. The van der Waals surface area contributed by atoms with Crippen molar-refractivity contribution in [3.8, 4) is 0 Å². The standard InChI is InChI=1S/C19H21NO5S/c1-3-19(18(22)23,15-7-5-4-6-8-15)13-20-17(21)14-9-11-16(12-10-14)26(2,24)25/h4-12H,3,13H2,1-2H3,(H,20,21)(H,22,23). The summed E-state index contributed by atoms with van der Waals surface area (Å²) >= 11 is 0. The van der Waals surface area contributed by atoms with Crippen molar-refractivity contribution >= 4 is 21.7 Å². The van der Waals surface area contributed by atoms with Gasteiger partial charge in [-0.3, -0.25) is 9.59 Å². The fourth-order valence-corrected chi connectivity index (χ4v) is 3.36. The Morgan fingerprint density at radius 1 is 1.04 bits per heavy atom. The van der Waals surface area contributed by atoms with Gasteiger partial charge in [-0.25, -0.2) is 8.42 Å². The number of aliphatic carboxylic acids is 1. The van der Waals surface area contributed by atoms with Gasteiger partial charge in [0.15, 0.2) is 9.84 Å². The van der Waals surface area contributed by atoms with Crippen molar-refractivity contribution in [1.82, 2.24) is 5.32 Å². The van der Waals surface area contributed by atoms with E-state index in [4.69, 9.17) is 0 Å². The molecule has 0 aromatic heterocycles. The number of benzene rings is 2. The smallest absolute Gasteiger partial charge is 0.315 e. The number of carboxylic acids is 1. The molecular formula is C19H21NO5S. The minimum absolute atomic E-state index is 0.0739. The Labute approximate surface area is 152 Å². The minimum atomic E-state index is -3.34. The van der Waals surface area contributed by atoms with Gasteiger partial charge < -0.3 is 10.4 Å². The highest BCUT2D eigenvalue weighted by atomic mass is 32.2. The number of hydrogen-bond donors (Lipinski definition) is 2. The number of rotatable bonds is 7. The van der Waals surface area contributed by atoms with Gasteiger partial charge in [0.25, 0.3) is 5.91 Å². The molecule has 6 nitrogen and oxygen atoms in total. The molecule has 2 aromatic rings. The molecule has 2 N–H and O–H groups in total. The third-order valence-electron chi connectivity index (χ3n) is 4.43. The number of carbonyl (C=O) groups excluding carboxylic acids is 1. The van der Waals surface area contributed by atoms with E-state index >= 15 is 0 Å². The van der Waals surface area contributed by atoms with Gasteiger partial charge >= 0.3 is 5.97 Å². The number of carboxylic acid groups (broad SMARTS) is 1. The molecule has 0 aliphatic heterocycles. The average molecular weight is 375 g/mol. The lowest BCUT2D eigenvalue weighted by molar-refractivity contribution is -0.143. The monoisotopic (exact) mass is 375 g/mol. The summed E-state index contributed by atoms with van der Waals surface area (Å²) in [6.07, 6.45) is 1.39. The number of hydrogen-bond acceptors (Lipinski definition) is 4. The van der Waals surface area contributed by atoms with Crippen molar-refractivity contribution in [3.63, 3.8) is 0 Å². The van der Waals surface area contributed by atoms with Crippen LogP contribution in [-0.2, 0) is 20.0 Å².